The maximum atomic E-state index is 11.8. The summed E-state index contributed by atoms with van der Waals surface area (Å²) < 4.78 is 0. The molecule has 21 heavy (non-hydrogen) atoms. The van der Waals surface area contributed by atoms with Crippen LogP contribution in [0.2, 0.25) is 0 Å². The van der Waals surface area contributed by atoms with Crippen LogP contribution in [0.3, 0.4) is 0 Å². The summed E-state index contributed by atoms with van der Waals surface area (Å²) in [5.41, 5.74) is 6.40. The number of nitrogens with zero attached hydrogens (tertiary/aromatic N) is 2. The molecule has 0 saturated carbocycles. The van der Waals surface area contributed by atoms with Crippen molar-refractivity contribution in [1.82, 2.24) is 4.98 Å². The van der Waals surface area contributed by atoms with Crippen LogP contribution in [0.25, 0.3) is 0 Å². The van der Waals surface area contributed by atoms with Crippen molar-refractivity contribution >= 4 is 28.2 Å². The van der Waals surface area contributed by atoms with Crippen LogP contribution in [0.15, 0.2) is 30.5 Å². The van der Waals surface area contributed by atoms with Gasteiger partial charge in [-0.3, -0.25) is 5.32 Å². The van der Waals surface area contributed by atoms with E-state index in [0.717, 1.165) is 4.88 Å². The molecule has 0 radical (unpaired) electrons. The van der Waals surface area contributed by atoms with Gasteiger partial charge in [-0.25, -0.2) is 9.78 Å². The molecule has 0 unspecified atom stereocenters. The predicted octanol–water partition coefficient (Wildman–Crippen LogP) is 1.97. The van der Waals surface area contributed by atoms with E-state index in [0.29, 0.717) is 16.4 Å². The molecule has 0 saturated heterocycles. The van der Waals surface area contributed by atoms with E-state index in [1.54, 1.807) is 30.5 Å². The molecule has 104 valence electrons. The van der Waals surface area contributed by atoms with Gasteiger partial charge in [-0.15, -0.1) is 0 Å². The Hall–Kier alpha value is -2.87. The van der Waals surface area contributed by atoms with Crippen LogP contribution >= 0.6 is 11.3 Å². The molecule has 0 atom stereocenters. The van der Waals surface area contributed by atoms with Gasteiger partial charge in [-0.2, -0.15) is 5.26 Å². The summed E-state index contributed by atoms with van der Waals surface area (Å²) in [6.45, 7) is 0.278. The summed E-state index contributed by atoms with van der Waals surface area (Å²) in [4.78, 5) is 16.6. The van der Waals surface area contributed by atoms with E-state index >= 15 is 0 Å². The van der Waals surface area contributed by atoms with E-state index in [-0.39, 0.29) is 6.54 Å². The highest BCUT2D eigenvalue weighted by Gasteiger charge is 2.06. The van der Waals surface area contributed by atoms with E-state index in [2.05, 4.69) is 27.5 Å². The fourth-order valence-corrected chi connectivity index (χ4v) is 2.10. The summed E-state index contributed by atoms with van der Waals surface area (Å²) in [6, 6.07) is 8.15. The number of carbonyl (C=O) groups is 1. The summed E-state index contributed by atoms with van der Waals surface area (Å²) in [5.74, 6) is 5.55. The average molecular weight is 297 g/mol. The minimum absolute atomic E-state index is 0.278. The molecule has 2 rings (SSSR count). The van der Waals surface area contributed by atoms with E-state index < -0.39 is 6.03 Å². The molecule has 2 amide bonds. The SMILES string of the molecule is N#Cc1ccc(NC(=O)Nc2ncc(C#CCN)s2)cc1. The van der Waals surface area contributed by atoms with Gasteiger partial charge >= 0.3 is 6.03 Å². The third-order valence-corrected chi connectivity index (χ3v) is 3.14. The second-order valence-electron chi connectivity index (χ2n) is 3.80. The van der Waals surface area contributed by atoms with Gasteiger partial charge in [0.05, 0.1) is 29.3 Å². The normalized spacial score (nSPS) is 9.14. The van der Waals surface area contributed by atoms with Crippen molar-refractivity contribution in [2.45, 2.75) is 0 Å². The Bertz CT molecular complexity index is 733. The Morgan fingerprint density at radius 1 is 1.33 bits per heavy atom. The molecule has 1 heterocycles. The van der Waals surface area contributed by atoms with E-state index in [9.17, 15) is 4.79 Å². The molecular weight excluding hydrogens is 286 g/mol. The number of nitrogens with two attached hydrogens (primary N) is 1. The molecule has 1 aromatic heterocycles. The summed E-state index contributed by atoms with van der Waals surface area (Å²) in [7, 11) is 0. The maximum Gasteiger partial charge on any atom is 0.325 e. The number of hydrogen-bond acceptors (Lipinski definition) is 5. The first-order chi connectivity index (χ1) is 10.2. The smallest absolute Gasteiger partial charge is 0.320 e. The molecule has 1 aromatic carbocycles. The molecule has 0 aliphatic carbocycles. The molecule has 7 heteroatoms. The number of benzene rings is 1. The highest BCUT2D eigenvalue weighted by atomic mass is 32.1. The first-order valence-corrected chi connectivity index (χ1v) is 6.76. The molecular formula is C14H11N5OS. The van der Waals surface area contributed by atoms with Gasteiger partial charge < -0.3 is 11.1 Å². The van der Waals surface area contributed by atoms with Crippen molar-refractivity contribution < 1.29 is 4.79 Å². The van der Waals surface area contributed by atoms with Crippen LogP contribution in [0.5, 0.6) is 0 Å². The summed E-state index contributed by atoms with van der Waals surface area (Å²) in [6.07, 6.45) is 1.57. The van der Waals surface area contributed by atoms with Crippen LogP contribution < -0.4 is 16.4 Å². The van der Waals surface area contributed by atoms with Crippen molar-refractivity contribution in [3.63, 3.8) is 0 Å². The fraction of sp³-hybridized carbons (Fsp3) is 0.0714. The highest BCUT2D eigenvalue weighted by molar-refractivity contribution is 7.16. The van der Waals surface area contributed by atoms with Gasteiger partial charge in [0.1, 0.15) is 0 Å². The van der Waals surface area contributed by atoms with Crippen LogP contribution in [-0.2, 0) is 0 Å². The number of carbonyl (C=O) groups excluding carboxylic acids is 1. The van der Waals surface area contributed by atoms with Crippen LogP contribution in [0, 0.1) is 23.2 Å². The maximum absolute atomic E-state index is 11.8. The Labute approximate surface area is 125 Å². The first-order valence-electron chi connectivity index (χ1n) is 5.94. The van der Waals surface area contributed by atoms with Gasteiger partial charge in [0.15, 0.2) is 5.13 Å². The standard InChI is InChI=1S/C14H11N5OS/c15-7-1-2-12-9-17-14(21-12)19-13(20)18-11-5-3-10(8-16)4-6-11/h3-6,9H,7,15H2,(H2,17,18,19,20). The lowest BCUT2D eigenvalue weighted by molar-refractivity contribution is 0.262. The van der Waals surface area contributed by atoms with Crippen molar-refractivity contribution in [3.05, 3.63) is 40.9 Å². The van der Waals surface area contributed by atoms with Gasteiger partial charge in [0, 0.05) is 5.69 Å². The summed E-state index contributed by atoms with van der Waals surface area (Å²) >= 11 is 1.26. The van der Waals surface area contributed by atoms with Crippen LogP contribution in [-0.4, -0.2) is 17.6 Å². The Morgan fingerprint density at radius 3 is 2.76 bits per heavy atom. The van der Waals surface area contributed by atoms with Crippen molar-refractivity contribution in [3.8, 4) is 17.9 Å². The number of anilines is 2. The molecule has 4 N–H and O–H groups in total. The second-order valence-corrected chi connectivity index (χ2v) is 4.83. The molecule has 0 bridgehead atoms. The van der Waals surface area contributed by atoms with Crippen molar-refractivity contribution in [2.75, 3.05) is 17.2 Å². The van der Waals surface area contributed by atoms with E-state index in [1.165, 1.54) is 11.3 Å². The predicted molar refractivity (Wildman–Crippen MR) is 81.8 cm³/mol. The molecule has 0 fully saturated rings. The van der Waals surface area contributed by atoms with E-state index in [4.69, 9.17) is 11.0 Å². The Balaban J connectivity index is 1.95. The third kappa shape index (κ3) is 4.32. The van der Waals surface area contributed by atoms with Gasteiger partial charge in [-0.05, 0) is 24.3 Å². The van der Waals surface area contributed by atoms with Gasteiger partial charge in [0.25, 0.3) is 0 Å². The first kappa shape index (κ1) is 14.5. The summed E-state index contributed by atoms with van der Waals surface area (Å²) in [5, 5.41) is 14.4. The van der Waals surface area contributed by atoms with Crippen LogP contribution in [0.1, 0.15) is 10.4 Å². The topological polar surface area (TPSA) is 104 Å². The number of aromatic nitrogens is 1. The van der Waals surface area contributed by atoms with Crippen molar-refractivity contribution in [2.24, 2.45) is 5.73 Å². The Morgan fingerprint density at radius 2 is 2.10 bits per heavy atom. The minimum Gasteiger partial charge on any atom is -0.320 e. The number of hydrogen-bond donors (Lipinski definition) is 3. The fourth-order valence-electron chi connectivity index (χ4n) is 1.42. The monoisotopic (exact) mass is 297 g/mol. The highest BCUT2D eigenvalue weighted by Crippen LogP contribution is 2.17. The number of urea groups is 1. The average Bonchev–Trinajstić information content (AvgIpc) is 2.93. The molecule has 2 aromatic rings. The zero-order valence-electron chi connectivity index (χ0n) is 10.9. The number of nitrogens with one attached hydrogen (secondary N) is 2. The molecule has 0 aliphatic rings. The quantitative estimate of drug-likeness (QED) is 0.737. The number of nitriles is 1. The molecule has 0 aliphatic heterocycles. The minimum atomic E-state index is -0.410. The van der Waals surface area contributed by atoms with E-state index in [1.807, 2.05) is 6.07 Å². The zero-order valence-corrected chi connectivity index (χ0v) is 11.7. The van der Waals surface area contributed by atoms with Gasteiger partial charge in [0.2, 0.25) is 0 Å². The lowest BCUT2D eigenvalue weighted by Crippen LogP contribution is -2.19. The molecule has 0 spiro atoms. The van der Waals surface area contributed by atoms with Crippen LogP contribution in [0.4, 0.5) is 15.6 Å². The van der Waals surface area contributed by atoms with Gasteiger partial charge in [-0.1, -0.05) is 23.2 Å². The molecule has 6 nitrogen and oxygen atoms in total. The number of amides is 2. The second kappa shape index (κ2) is 7.06. The number of thiazole rings is 1. The Kier molecular flexibility index (Phi) is 4.89. The lowest BCUT2D eigenvalue weighted by atomic mass is 10.2. The zero-order chi connectivity index (χ0) is 15.1. The van der Waals surface area contributed by atoms with Crippen molar-refractivity contribution in [1.29, 1.82) is 5.26 Å². The number of rotatable bonds is 2. The lowest BCUT2D eigenvalue weighted by Gasteiger charge is -2.04. The largest absolute Gasteiger partial charge is 0.325 e. The third-order valence-electron chi connectivity index (χ3n) is 2.31.